The summed E-state index contributed by atoms with van der Waals surface area (Å²) in [6.07, 6.45) is 8.28. The van der Waals surface area contributed by atoms with E-state index in [1.165, 1.54) is 0 Å². The summed E-state index contributed by atoms with van der Waals surface area (Å²) in [5, 5.41) is 0. The lowest BCUT2D eigenvalue weighted by Gasteiger charge is -2.08. The number of benzene rings is 2. The van der Waals surface area contributed by atoms with Crippen molar-refractivity contribution in [2.45, 2.75) is 13.3 Å². The van der Waals surface area contributed by atoms with E-state index in [1.807, 2.05) is 71.6 Å². The number of aromatic nitrogens is 1. The van der Waals surface area contributed by atoms with Gasteiger partial charge < -0.3 is 9.30 Å². The quantitative estimate of drug-likeness (QED) is 0.357. The zero-order valence-electron chi connectivity index (χ0n) is 14.6. The maximum absolute atomic E-state index is 12.5. The van der Waals surface area contributed by atoms with E-state index in [2.05, 4.69) is 22.9 Å². The van der Waals surface area contributed by atoms with E-state index in [1.54, 1.807) is 12.2 Å². The van der Waals surface area contributed by atoms with Gasteiger partial charge in [0.25, 0.3) is 0 Å². The fourth-order valence-corrected chi connectivity index (χ4v) is 2.94. The Balaban J connectivity index is 1.76. The second-order valence-electron chi connectivity index (χ2n) is 5.87. The Bertz CT molecular complexity index is 896. The highest BCUT2D eigenvalue weighted by atomic mass is 79.9. The van der Waals surface area contributed by atoms with Crippen molar-refractivity contribution in [3.63, 3.8) is 0 Å². The Kier molecular flexibility index (Phi) is 6.08. The standard InChI is InChI=1S/C22H20BrNO2/c1-2-15-26-22-12-8-19(23)16-18(22)7-11-21(25)17-5-9-20(10-6-17)24-13-3-4-14-24/h3-14,16H,2,15H2,1H3/b11-7+. The van der Waals surface area contributed by atoms with E-state index in [-0.39, 0.29) is 5.78 Å². The molecule has 4 heteroatoms. The van der Waals surface area contributed by atoms with Crippen LogP contribution in [0.15, 0.2) is 77.5 Å². The summed E-state index contributed by atoms with van der Waals surface area (Å²) in [5.74, 6) is 0.743. The highest BCUT2D eigenvalue weighted by molar-refractivity contribution is 9.10. The monoisotopic (exact) mass is 409 g/mol. The van der Waals surface area contributed by atoms with Crippen LogP contribution in [0.3, 0.4) is 0 Å². The zero-order chi connectivity index (χ0) is 18.4. The first-order valence-electron chi connectivity index (χ1n) is 8.55. The summed E-state index contributed by atoms with van der Waals surface area (Å²) in [6, 6.07) is 17.3. The topological polar surface area (TPSA) is 31.2 Å². The molecule has 3 aromatic rings. The summed E-state index contributed by atoms with van der Waals surface area (Å²) in [4.78, 5) is 12.5. The minimum absolute atomic E-state index is 0.0366. The molecule has 0 radical (unpaired) electrons. The first-order valence-corrected chi connectivity index (χ1v) is 9.35. The molecule has 0 saturated heterocycles. The molecule has 0 aliphatic heterocycles. The molecular weight excluding hydrogens is 390 g/mol. The molecule has 1 aromatic heterocycles. The third kappa shape index (κ3) is 4.52. The van der Waals surface area contributed by atoms with Crippen LogP contribution >= 0.6 is 15.9 Å². The van der Waals surface area contributed by atoms with Gasteiger partial charge in [0.2, 0.25) is 0 Å². The third-order valence-corrected chi connectivity index (χ3v) is 4.40. The fourth-order valence-electron chi connectivity index (χ4n) is 2.56. The van der Waals surface area contributed by atoms with Crippen LogP contribution in [0.2, 0.25) is 0 Å². The highest BCUT2D eigenvalue weighted by Gasteiger charge is 2.05. The predicted octanol–water partition coefficient (Wildman–Crippen LogP) is 5.92. The molecule has 0 aliphatic rings. The molecule has 0 atom stereocenters. The number of carbonyl (C=O) groups excluding carboxylic acids is 1. The molecule has 0 amide bonds. The van der Waals surface area contributed by atoms with Crippen molar-refractivity contribution in [1.82, 2.24) is 4.57 Å². The predicted molar refractivity (Wildman–Crippen MR) is 109 cm³/mol. The lowest BCUT2D eigenvalue weighted by Crippen LogP contribution is -1.98. The van der Waals surface area contributed by atoms with E-state index < -0.39 is 0 Å². The van der Waals surface area contributed by atoms with Gasteiger partial charge in [0.05, 0.1) is 6.61 Å². The second-order valence-corrected chi connectivity index (χ2v) is 6.78. The molecule has 0 unspecified atom stereocenters. The van der Waals surface area contributed by atoms with Crippen LogP contribution in [0.1, 0.15) is 29.3 Å². The number of rotatable bonds is 7. The molecule has 2 aromatic carbocycles. The van der Waals surface area contributed by atoms with Crippen LogP contribution in [-0.2, 0) is 0 Å². The minimum atomic E-state index is -0.0366. The molecular formula is C22H20BrNO2. The van der Waals surface area contributed by atoms with E-state index in [9.17, 15) is 4.79 Å². The molecule has 3 rings (SSSR count). The maximum Gasteiger partial charge on any atom is 0.185 e. The largest absolute Gasteiger partial charge is 0.493 e. The van der Waals surface area contributed by atoms with Crippen molar-refractivity contribution in [3.8, 4) is 11.4 Å². The smallest absolute Gasteiger partial charge is 0.185 e. The van der Waals surface area contributed by atoms with Gasteiger partial charge in [0, 0.05) is 33.7 Å². The number of ketones is 1. The number of ether oxygens (including phenoxy) is 1. The molecule has 26 heavy (non-hydrogen) atoms. The van der Waals surface area contributed by atoms with Crippen LogP contribution in [0.25, 0.3) is 11.8 Å². The number of hydrogen-bond donors (Lipinski definition) is 0. The SMILES string of the molecule is CCCOc1ccc(Br)cc1/C=C/C(=O)c1ccc(-n2cccc2)cc1. The molecule has 0 saturated carbocycles. The number of allylic oxidation sites excluding steroid dienone is 1. The summed E-state index contributed by atoms with van der Waals surface area (Å²) < 4.78 is 8.70. The van der Waals surface area contributed by atoms with E-state index in [4.69, 9.17) is 4.74 Å². The Morgan fingerprint density at radius 1 is 1.12 bits per heavy atom. The number of nitrogens with zero attached hydrogens (tertiary/aromatic N) is 1. The van der Waals surface area contributed by atoms with E-state index in [0.29, 0.717) is 12.2 Å². The van der Waals surface area contributed by atoms with Crippen LogP contribution in [0.5, 0.6) is 5.75 Å². The zero-order valence-corrected chi connectivity index (χ0v) is 16.1. The van der Waals surface area contributed by atoms with Crippen LogP contribution < -0.4 is 4.74 Å². The molecule has 3 nitrogen and oxygen atoms in total. The van der Waals surface area contributed by atoms with Crippen molar-refractivity contribution < 1.29 is 9.53 Å². The summed E-state index contributed by atoms with van der Waals surface area (Å²) in [6.45, 7) is 2.71. The number of hydrogen-bond acceptors (Lipinski definition) is 2. The third-order valence-electron chi connectivity index (χ3n) is 3.90. The Hall–Kier alpha value is -2.59. The van der Waals surface area contributed by atoms with Gasteiger partial charge in [-0.1, -0.05) is 22.9 Å². The second kappa shape index (κ2) is 8.68. The molecule has 1 heterocycles. The summed E-state index contributed by atoms with van der Waals surface area (Å²) >= 11 is 3.47. The van der Waals surface area contributed by atoms with E-state index in [0.717, 1.165) is 27.9 Å². The molecule has 0 bridgehead atoms. The Labute approximate surface area is 162 Å². The van der Waals surface area contributed by atoms with E-state index >= 15 is 0 Å². The molecule has 0 N–H and O–H groups in total. The van der Waals surface area contributed by atoms with Crippen molar-refractivity contribution >= 4 is 27.8 Å². The van der Waals surface area contributed by atoms with Crippen LogP contribution in [-0.4, -0.2) is 17.0 Å². The van der Waals surface area contributed by atoms with Gasteiger partial charge in [-0.2, -0.15) is 0 Å². The van der Waals surface area contributed by atoms with Crippen molar-refractivity contribution in [3.05, 3.63) is 88.7 Å². The lowest BCUT2D eigenvalue weighted by atomic mass is 10.1. The first-order chi connectivity index (χ1) is 12.7. The van der Waals surface area contributed by atoms with Gasteiger partial charge in [-0.3, -0.25) is 4.79 Å². The number of halogens is 1. The normalized spacial score (nSPS) is 11.0. The van der Waals surface area contributed by atoms with Gasteiger partial charge in [0.15, 0.2) is 5.78 Å². The highest BCUT2D eigenvalue weighted by Crippen LogP contribution is 2.25. The van der Waals surface area contributed by atoms with Gasteiger partial charge in [-0.05, 0) is 73.2 Å². The number of carbonyl (C=O) groups is 1. The van der Waals surface area contributed by atoms with Gasteiger partial charge in [0.1, 0.15) is 5.75 Å². The molecule has 0 fully saturated rings. The molecule has 132 valence electrons. The van der Waals surface area contributed by atoms with Gasteiger partial charge in [-0.15, -0.1) is 0 Å². The Morgan fingerprint density at radius 3 is 2.54 bits per heavy atom. The maximum atomic E-state index is 12.5. The minimum Gasteiger partial charge on any atom is -0.493 e. The first kappa shape index (κ1) is 18.2. The fraction of sp³-hybridized carbons (Fsp3) is 0.136. The van der Waals surface area contributed by atoms with Crippen LogP contribution in [0, 0.1) is 0 Å². The summed E-state index contributed by atoms with van der Waals surface area (Å²) in [5.41, 5.74) is 2.56. The van der Waals surface area contributed by atoms with Gasteiger partial charge >= 0.3 is 0 Å². The van der Waals surface area contributed by atoms with Gasteiger partial charge in [-0.25, -0.2) is 0 Å². The Morgan fingerprint density at radius 2 is 1.85 bits per heavy atom. The molecule has 0 aliphatic carbocycles. The average Bonchev–Trinajstić information content (AvgIpc) is 3.20. The van der Waals surface area contributed by atoms with Crippen molar-refractivity contribution in [2.24, 2.45) is 0 Å². The van der Waals surface area contributed by atoms with Crippen LogP contribution in [0.4, 0.5) is 0 Å². The van der Waals surface area contributed by atoms with Crippen molar-refractivity contribution in [1.29, 1.82) is 0 Å². The average molecular weight is 410 g/mol. The van der Waals surface area contributed by atoms with Crippen molar-refractivity contribution in [2.75, 3.05) is 6.61 Å². The summed E-state index contributed by atoms with van der Waals surface area (Å²) in [7, 11) is 0. The lowest BCUT2D eigenvalue weighted by molar-refractivity contribution is 0.104. The molecule has 0 spiro atoms.